The number of hydrogen-bond acceptors (Lipinski definition) is 3. The Morgan fingerprint density at radius 2 is 2.00 bits per heavy atom. The predicted molar refractivity (Wildman–Crippen MR) is 68.7 cm³/mol. The van der Waals surface area contributed by atoms with Crippen LogP contribution in [0.2, 0.25) is 0 Å². The van der Waals surface area contributed by atoms with E-state index in [0.29, 0.717) is 0 Å². The van der Waals surface area contributed by atoms with Crippen LogP contribution >= 0.6 is 0 Å². The van der Waals surface area contributed by atoms with Gasteiger partial charge in [-0.05, 0) is 25.5 Å². The average molecular weight is 235 g/mol. The zero-order valence-electron chi connectivity index (χ0n) is 10.7. The molecule has 0 aromatic heterocycles. The molecular formula is C14H21NO2. The number of benzene rings is 1. The first-order chi connectivity index (χ1) is 8.25. The quantitative estimate of drug-likeness (QED) is 0.797. The van der Waals surface area contributed by atoms with Gasteiger partial charge in [0.25, 0.3) is 0 Å². The van der Waals surface area contributed by atoms with Crippen molar-refractivity contribution in [1.82, 2.24) is 4.90 Å². The summed E-state index contributed by atoms with van der Waals surface area (Å²) in [6.07, 6.45) is 0. The van der Waals surface area contributed by atoms with E-state index in [-0.39, 0.29) is 0 Å². The summed E-state index contributed by atoms with van der Waals surface area (Å²) in [6.45, 7) is 9.68. The van der Waals surface area contributed by atoms with Gasteiger partial charge in [-0.2, -0.15) is 0 Å². The summed E-state index contributed by atoms with van der Waals surface area (Å²) in [5.74, 6) is 1.00. The molecule has 3 heteroatoms. The first kappa shape index (κ1) is 12.4. The molecule has 94 valence electrons. The van der Waals surface area contributed by atoms with Gasteiger partial charge in [0, 0.05) is 19.6 Å². The summed E-state index contributed by atoms with van der Waals surface area (Å²) in [5.41, 5.74) is 2.50. The molecule has 0 bridgehead atoms. The molecule has 0 amide bonds. The summed E-state index contributed by atoms with van der Waals surface area (Å²) in [4.78, 5) is 2.38. The molecule has 2 rings (SSSR count). The Morgan fingerprint density at radius 1 is 1.24 bits per heavy atom. The van der Waals surface area contributed by atoms with Crippen molar-refractivity contribution in [3.05, 3.63) is 29.3 Å². The zero-order valence-corrected chi connectivity index (χ0v) is 10.7. The minimum Gasteiger partial charge on any atom is -0.492 e. The van der Waals surface area contributed by atoms with Crippen LogP contribution in [-0.2, 0) is 4.74 Å². The van der Waals surface area contributed by atoms with Crippen LogP contribution in [0.1, 0.15) is 11.1 Å². The first-order valence-corrected chi connectivity index (χ1v) is 6.26. The lowest BCUT2D eigenvalue weighted by Gasteiger charge is -2.26. The third kappa shape index (κ3) is 3.72. The van der Waals surface area contributed by atoms with Gasteiger partial charge in [-0.15, -0.1) is 0 Å². The van der Waals surface area contributed by atoms with E-state index in [4.69, 9.17) is 9.47 Å². The van der Waals surface area contributed by atoms with Crippen molar-refractivity contribution >= 4 is 0 Å². The van der Waals surface area contributed by atoms with Gasteiger partial charge in [-0.25, -0.2) is 0 Å². The van der Waals surface area contributed by atoms with E-state index in [2.05, 4.69) is 36.9 Å². The fraction of sp³-hybridized carbons (Fsp3) is 0.571. The number of aryl methyl sites for hydroxylation is 2. The monoisotopic (exact) mass is 235 g/mol. The van der Waals surface area contributed by atoms with Gasteiger partial charge in [0.1, 0.15) is 12.4 Å². The van der Waals surface area contributed by atoms with Crippen molar-refractivity contribution in [2.45, 2.75) is 13.8 Å². The minimum absolute atomic E-state index is 0.754. The molecule has 0 spiro atoms. The molecule has 0 N–H and O–H groups in total. The smallest absolute Gasteiger partial charge is 0.122 e. The summed E-state index contributed by atoms with van der Waals surface area (Å²) in [7, 11) is 0. The Balaban J connectivity index is 1.77. The van der Waals surface area contributed by atoms with Crippen molar-refractivity contribution in [1.29, 1.82) is 0 Å². The average Bonchev–Trinajstić information content (AvgIpc) is 2.33. The maximum absolute atomic E-state index is 5.81. The van der Waals surface area contributed by atoms with Crippen LogP contribution in [0.25, 0.3) is 0 Å². The summed E-state index contributed by atoms with van der Waals surface area (Å²) < 4.78 is 11.1. The highest BCUT2D eigenvalue weighted by molar-refractivity contribution is 5.35. The van der Waals surface area contributed by atoms with E-state index in [0.717, 1.165) is 45.2 Å². The number of hydrogen-bond donors (Lipinski definition) is 0. The lowest BCUT2D eigenvalue weighted by Crippen LogP contribution is -2.38. The van der Waals surface area contributed by atoms with E-state index in [1.165, 1.54) is 11.1 Å². The minimum atomic E-state index is 0.754. The molecule has 1 aliphatic heterocycles. The fourth-order valence-electron chi connectivity index (χ4n) is 2.07. The fourth-order valence-corrected chi connectivity index (χ4v) is 2.07. The normalized spacial score (nSPS) is 17.1. The lowest BCUT2D eigenvalue weighted by atomic mass is 10.1. The van der Waals surface area contributed by atoms with Crippen LogP contribution in [0.4, 0.5) is 0 Å². The second-order valence-corrected chi connectivity index (χ2v) is 4.57. The number of nitrogens with zero attached hydrogens (tertiary/aromatic N) is 1. The Kier molecular flexibility index (Phi) is 4.40. The highest BCUT2D eigenvalue weighted by atomic mass is 16.5. The van der Waals surface area contributed by atoms with Gasteiger partial charge in [-0.3, -0.25) is 4.90 Å². The Hall–Kier alpha value is -1.06. The second kappa shape index (κ2) is 6.03. The Morgan fingerprint density at radius 3 is 2.71 bits per heavy atom. The molecule has 0 aliphatic carbocycles. The van der Waals surface area contributed by atoms with E-state index >= 15 is 0 Å². The molecule has 0 atom stereocenters. The molecule has 1 heterocycles. The van der Waals surface area contributed by atoms with Crippen LogP contribution < -0.4 is 4.74 Å². The first-order valence-electron chi connectivity index (χ1n) is 6.26. The molecule has 1 aliphatic rings. The number of morpholine rings is 1. The maximum atomic E-state index is 5.81. The van der Waals surface area contributed by atoms with Gasteiger partial charge in [-0.1, -0.05) is 17.7 Å². The van der Waals surface area contributed by atoms with Crippen molar-refractivity contribution in [3.8, 4) is 5.75 Å². The topological polar surface area (TPSA) is 21.7 Å². The van der Waals surface area contributed by atoms with Gasteiger partial charge in [0.2, 0.25) is 0 Å². The van der Waals surface area contributed by atoms with Gasteiger partial charge in [0.15, 0.2) is 0 Å². The van der Waals surface area contributed by atoms with Crippen LogP contribution in [-0.4, -0.2) is 44.4 Å². The van der Waals surface area contributed by atoms with Crippen molar-refractivity contribution in [2.75, 3.05) is 39.5 Å². The molecule has 0 unspecified atom stereocenters. The number of ether oxygens (including phenoxy) is 2. The molecular weight excluding hydrogens is 214 g/mol. The number of rotatable bonds is 4. The highest BCUT2D eigenvalue weighted by Gasteiger charge is 2.09. The molecule has 17 heavy (non-hydrogen) atoms. The van der Waals surface area contributed by atoms with E-state index < -0.39 is 0 Å². The summed E-state index contributed by atoms with van der Waals surface area (Å²) in [5, 5.41) is 0. The molecule has 0 radical (unpaired) electrons. The van der Waals surface area contributed by atoms with E-state index in [1.54, 1.807) is 0 Å². The third-order valence-electron chi connectivity index (χ3n) is 3.10. The zero-order chi connectivity index (χ0) is 12.1. The van der Waals surface area contributed by atoms with E-state index in [1.807, 2.05) is 0 Å². The summed E-state index contributed by atoms with van der Waals surface area (Å²) >= 11 is 0. The van der Waals surface area contributed by atoms with E-state index in [9.17, 15) is 0 Å². The van der Waals surface area contributed by atoms with Crippen LogP contribution in [0.3, 0.4) is 0 Å². The van der Waals surface area contributed by atoms with Gasteiger partial charge < -0.3 is 9.47 Å². The SMILES string of the molecule is Cc1ccc(OCCN2CCOCC2)c(C)c1. The largest absolute Gasteiger partial charge is 0.492 e. The van der Waals surface area contributed by atoms with Crippen molar-refractivity contribution in [3.63, 3.8) is 0 Å². The lowest BCUT2D eigenvalue weighted by molar-refractivity contribution is 0.0322. The van der Waals surface area contributed by atoms with Crippen molar-refractivity contribution < 1.29 is 9.47 Å². The molecule has 1 aromatic rings. The molecule has 0 saturated carbocycles. The Labute approximate surface area is 103 Å². The van der Waals surface area contributed by atoms with Crippen LogP contribution in [0, 0.1) is 13.8 Å². The molecule has 1 saturated heterocycles. The predicted octanol–water partition coefficient (Wildman–Crippen LogP) is 2.01. The third-order valence-corrected chi connectivity index (χ3v) is 3.10. The van der Waals surface area contributed by atoms with Crippen LogP contribution in [0.15, 0.2) is 18.2 Å². The maximum Gasteiger partial charge on any atom is 0.122 e. The standard InChI is InChI=1S/C14H21NO2/c1-12-3-4-14(13(2)11-12)17-10-7-15-5-8-16-9-6-15/h3-4,11H,5-10H2,1-2H3. The molecule has 1 aromatic carbocycles. The van der Waals surface area contributed by atoms with Crippen molar-refractivity contribution in [2.24, 2.45) is 0 Å². The molecule has 1 fully saturated rings. The Bertz CT molecular complexity index is 359. The van der Waals surface area contributed by atoms with Gasteiger partial charge in [0.05, 0.1) is 13.2 Å². The summed E-state index contributed by atoms with van der Waals surface area (Å²) in [6, 6.07) is 6.31. The highest BCUT2D eigenvalue weighted by Crippen LogP contribution is 2.18. The molecule has 3 nitrogen and oxygen atoms in total. The van der Waals surface area contributed by atoms with Crippen LogP contribution in [0.5, 0.6) is 5.75 Å². The van der Waals surface area contributed by atoms with Gasteiger partial charge >= 0.3 is 0 Å². The second-order valence-electron chi connectivity index (χ2n) is 4.57.